The quantitative estimate of drug-likeness (QED) is 0.883. The third-order valence-corrected chi connectivity index (χ3v) is 3.86. The van der Waals surface area contributed by atoms with E-state index in [9.17, 15) is 4.79 Å². The fourth-order valence-electron chi connectivity index (χ4n) is 2.43. The van der Waals surface area contributed by atoms with Gasteiger partial charge in [0.15, 0.2) is 0 Å². The molecule has 2 aromatic rings. The van der Waals surface area contributed by atoms with Gasteiger partial charge in [0.2, 0.25) is 0 Å². The number of fused-ring (bicyclic) bond motifs is 1. The number of carbonyl (C=O) groups is 1. The molecule has 0 unspecified atom stereocenters. The number of hydrogen-bond acceptors (Lipinski definition) is 2. The highest BCUT2D eigenvalue weighted by Crippen LogP contribution is 2.26. The minimum absolute atomic E-state index is 0.0429. The Morgan fingerprint density at radius 2 is 2.26 bits per heavy atom. The summed E-state index contributed by atoms with van der Waals surface area (Å²) in [6, 6.07) is 5.51. The average Bonchev–Trinajstić information content (AvgIpc) is 2.90. The zero-order chi connectivity index (χ0) is 13.6. The fourth-order valence-corrected chi connectivity index (χ4v) is 2.66. The molecule has 2 N–H and O–H groups in total. The van der Waals surface area contributed by atoms with Crippen LogP contribution < -0.4 is 5.32 Å². The van der Waals surface area contributed by atoms with Crippen LogP contribution in [0.3, 0.4) is 0 Å². The minimum atomic E-state index is -0.254. The van der Waals surface area contributed by atoms with Crippen LogP contribution in [-0.2, 0) is 11.2 Å². The van der Waals surface area contributed by atoms with Crippen molar-refractivity contribution in [1.82, 2.24) is 15.2 Å². The van der Waals surface area contributed by atoms with Crippen LogP contribution in [0.5, 0.6) is 0 Å². The van der Waals surface area contributed by atoms with Gasteiger partial charge in [-0.05, 0) is 11.6 Å². The molecule has 98 valence electrons. The van der Waals surface area contributed by atoms with Gasteiger partial charge in [-0.1, -0.05) is 30.3 Å². The molecular formula is C14H14ClN3O. The number of halogens is 1. The molecule has 0 saturated carbocycles. The first-order valence-corrected chi connectivity index (χ1v) is 6.43. The van der Waals surface area contributed by atoms with E-state index in [0.717, 1.165) is 16.5 Å². The van der Waals surface area contributed by atoms with E-state index in [4.69, 9.17) is 11.6 Å². The maximum Gasteiger partial charge on any atom is 0.250 e. The van der Waals surface area contributed by atoms with Gasteiger partial charge in [0, 0.05) is 25.1 Å². The zero-order valence-corrected chi connectivity index (χ0v) is 11.3. The third-order valence-electron chi connectivity index (χ3n) is 3.55. The topological polar surface area (TPSA) is 48.1 Å². The highest BCUT2D eigenvalue weighted by molar-refractivity contribution is 6.35. The second-order valence-electron chi connectivity index (χ2n) is 4.72. The smallest absolute Gasteiger partial charge is 0.250 e. The van der Waals surface area contributed by atoms with Crippen molar-refractivity contribution < 1.29 is 4.79 Å². The van der Waals surface area contributed by atoms with Crippen molar-refractivity contribution in [3.63, 3.8) is 0 Å². The number of aromatic amines is 1. The Hall–Kier alpha value is -1.94. The molecular weight excluding hydrogens is 262 g/mol. The highest BCUT2D eigenvalue weighted by atomic mass is 35.5. The van der Waals surface area contributed by atoms with Gasteiger partial charge in [0.25, 0.3) is 5.91 Å². The summed E-state index contributed by atoms with van der Waals surface area (Å²) in [6.07, 6.45) is 2.52. The van der Waals surface area contributed by atoms with E-state index >= 15 is 0 Å². The molecule has 0 aliphatic carbocycles. The molecule has 0 bridgehead atoms. The van der Waals surface area contributed by atoms with Crippen LogP contribution in [0.2, 0.25) is 5.02 Å². The van der Waals surface area contributed by atoms with Crippen LogP contribution in [0, 0.1) is 0 Å². The van der Waals surface area contributed by atoms with Crippen molar-refractivity contribution in [3.05, 3.63) is 47.4 Å². The molecule has 1 saturated heterocycles. The first-order chi connectivity index (χ1) is 9.08. The molecule has 2 heterocycles. The summed E-state index contributed by atoms with van der Waals surface area (Å²) < 4.78 is 0. The summed E-state index contributed by atoms with van der Waals surface area (Å²) in [6.45, 7) is 3.81. The maximum atomic E-state index is 12.0. The number of benzene rings is 1. The van der Waals surface area contributed by atoms with E-state index in [-0.39, 0.29) is 11.9 Å². The van der Waals surface area contributed by atoms with Crippen LogP contribution in [-0.4, -0.2) is 28.9 Å². The Morgan fingerprint density at radius 1 is 1.47 bits per heavy atom. The summed E-state index contributed by atoms with van der Waals surface area (Å²) in [4.78, 5) is 16.7. The summed E-state index contributed by atoms with van der Waals surface area (Å²) in [7, 11) is 1.73. The van der Waals surface area contributed by atoms with E-state index in [1.807, 2.05) is 24.4 Å². The van der Waals surface area contributed by atoms with Gasteiger partial charge in [-0.3, -0.25) is 4.79 Å². The monoisotopic (exact) mass is 275 g/mol. The van der Waals surface area contributed by atoms with Crippen LogP contribution in [0.25, 0.3) is 10.9 Å². The zero-order valence-electron chi connectivity index (χ0n) is 10.5. The van der Waals surface area contributed by atoms with E-state index < -0.39 is 0 Å². The molecule has 19 heavy (non-hydrogen) atoms. The molecule has 4 nitrogen and oxygen atoms in total. The van der Waals surface area contributed by atoms with Gasteiger partial charge in [-0.15, -0.1) is 0 Å². The first-order valence-electron chi connectivity index (χ1n) is 6.05. The summed E-state index contributed by atoms with van der Waals surface area (Å²) in [5, 5.41) is 4.85. The van der Waals surface area contributed by atoms with Crippen LogP contribution in [0.4, 0.5) is 0 Å². The van der Waals surface area contributed by atoms with Crippen molar-refractivity contribution in [2.45, 2.75) is 12.5 Å². The number of amides is 1. The number of likely N-dealkylation sites (N-methyl/N-ethyl adjacent to an activating group) is 1. The second-order valence-corrected chi connectivity index (χ2v) is 5.13. The fraction of sp³-hybridized carbons (Fsp3) is 0.214. The molecule has 1 amide bonds. The van der Waals surface area contributed by atoms with Gasteiger partial charge in [0.05, 0.1) is 10.5 Å². The van der Waals surface area contributed by atoms with E-state index in [2.05, 4.69) is 16.9 Å². The van der Waals surface area contributed by atoms with E-state index in [1.54, 1.807) is 11.9 Å². The molecule has 0 radical (unpaired) electrons. The van der Waals surface area contributed by atoms with Gasteiger partial charge in [-0.25, -0.2) is 0 Å². The highest BCUT2D eigenvalue weighted by Gasteiger charge is 2.31. The average molecular weight is 276 g/mol. The maximum absolute atomic E-state index is 12.0. The van der Waals surface area contributed by atoms with Crippen molar-refractivity contribution in [3.8, 4) is 0 Å². The van der Waals surface area contributed by atoms with Crippen molar-refractivity contribution in [1.29, 1.82) is 0 Å². The Balaban J connectivity index is 1.93. The van der Waals surface area contributed by atoms with Crippen LogP contribution >= 0.6 is 11.6 Å². The normalized spacial score (nSPS) is 19.3. The lowest BCUT2D eigenvalue weighted by atomic mass is 10.1. The lowest BCUT2D eigenvalue weighted by Gasteiger charge is -2.07. The Morgan fingerprint density at radius 3 is 2.95 bits per heavy atom. The van der Waals surface area contributed by atoms with Crippen molar-refractivity contribution >= 4 is 28.4 Å². The first kappa shape index (κ1) is 12.1. The molecule has 3 rings (SSSR count). The van der Waals surface area contributed by atoms with Crippen LogP contribution in [0.15, 0.2) is 36.8 Å². The summed E-state index contributed by atoms with van der Waals surface area (Å²) in [5.41, 5.74) is 1.99. The minimum Gasteiger partial charge on any atom is -0.360 e. The van der Waals surface area contributed by atoms with Gasteiger partial charge in [-0.2, -0.15) is 0 Å². The van der Waals surface area contributed by atoms with Crippen molar-refractivity contribution in [2.75, 3.05) is 7.05 Å². The van der Waals surface area contributed by atoms with Gasteiger partial charge >= 0.3 is 0 Å². The summed E-state index contributed by atoms with van der Waals surface area (Å²) >= 11 is 6.13. The number of aromatic nitrogens is 1. The van der Waals surface area contributed by atoms with Crippen LogP contribution in [0.1, 0.15) is 5.56 Å². The standard InChI is InChI=1S/C14H14ClN3O/c1-8-17-12(14(19)18(8)2)6-9-7-16-13-10(9)4-3-5-11(13)15/h3-5,7,12,16-17H,1,6H2,2H3/t12-/m1/s1. The number of nitrogens with one attached hydrogen (secondary N) is 2. The molecule has 1 aromatic carbocycles. The predicted molar refractivity (Wildman–Crippen MR) is 75.8 cm³/mol. The third kappa shape index (κ3) is 1.88. The van der Waals surface area contributed by atoms with E-state index in [0.29, 0.717) is 17.3 Å². The molecule has 0 spiro atoms. The Labute approximate surface area is 116 Å². The number of H-pyrrole nitrogens is 1. The number of nitrogens with zero attached hydrogens (tertiary/aromatic N) is 1. The Kier molecular flexibility index (Phi) is 2.75. The second kappa shape index (κ2) is 4.31. The van der Waals surface area contributed by atoms with Crippen molar-refractivity contribution in [2.24, 2.45) is 0 Å². The molecule has 1 aliphatic heterocycles. The Bertz CT molecular complexity index is 676. The lowest BCUT2D eigenvalue weighted by Crippen LogP contribution is -2.30. The molecule has 1 fully saturated rings. The largest absolute Gasteiger partial charge is 0.360 e. The van der Waals surface area contributed by atoms with Gasteiger partial charge < -0.3 is 15.2 Å². The molecule has 1 aliphatic rings. The van der Waals surface area contributed by atoms with E-state index in [1.165, 1.54) is 0 Å². The SMILES string of the molecule is C=C1N[C@H](Cc2c[nH]c3c(Cl)cccc23)C(=O)N1C. The molecule has 5 heteroatoms. The predicted octanol–water partition coefficient (Wildman–Crippen LogP) is 2.27. The number of hydrogen-bond donors (Lipinski definition) is 2. The molecule has 1 aromatic heterocycles. The number of carbonyl (C=O) groups excluding carboxylic acids is 1. The summed E-state index contributed by atoms with van der Waals surface area (Å²) in [5.74, 6) is 0.689. The number of rotatable bonds is 2. The lowest BCUT2D eigenvalue weighted by molar-refractivity contribution is -0.127. The number of para-hydroxylation sites is 1. The van der Waals surface area contributed by atoms with Gasteiger partial charge in [0.1, 0.15) is 11.9 Å². The molecule has 1 atom stereocenters.